The largest absolute Gasteiger partial charge is 0.349 e. The van der Waals surface area contributed by atoms with Crippen molar-refractivity contribution in [1.29, 1.82) is 0 Å². The summed E-state index contributed by atoms with van der Waals surface area (Å²) in [6.07, 6.45) is 3.96. The second-order valence-corrected chi connectivity index (χ2v) is 4.98. The van der Waals surface area contributed by atoms with Gasteiger partial charge in [0.05, 0.1) is 12.1 Å². The van der Waals surface area contributed by atoms with E-state index in [2.05, 4.69) is 25.4 Å². The number of hydrogen-bond donors (Lipinski definition) is 2. The molecule has 0 aliphatic rings. The normalized spacial score (nSPS) is 11.0. The van der Waals surface area contributed by atoms with Crippen LogP contribution >= 0.6 is 0 Å². The molecule has 3 aromatic rings. The molecule has 0 unspecified atom stereocenters. The van der Waals surface area contributed by atoms with Crippen LogP contribution in [0.3, 0.4) is 0 Å². The number of aromatic amines is 1. The number of carbonyl (C=O) groups is 1. The van der Waals surface area contributed by atoms with E-state index < -0.39 is 11.6 Å². The van der Waals surface area contributed by atoms with Gasteiger partial charge < -0.3 is 10.3 Å². The Hall–Kier alpha value is -2.84. The molecule has 0 saturated carbocycles. The summed E-state index contributed by atoms with van der Waals surface area (Å²) in [5.74, 6) is -1.73. The van der Waals surface area contributed by atoms with Gasteiger partial charge in [0.15, 0.2) is 11.6 Å². The molecule has 9 heteroatoms. The Bertz CT molecular complexity index is 814. The third kappa shape index (κ3) is 3.50. The molecule has 120 valence electrons. The molecule has 2 aromatic heterocycles. The lowest BCUT2D eigenvalue weighted by Crippen LogP contribution is -2.23. The Kier molecular flexibility index (Phi) is 4.26. The third-order valence-electron chi connectivity index (χ3n) is 3.31. The Morgan fingerprint density at radius 1 is 1.35 bits per heavy atom. The topological polar surface area (TPSA) is 88.5 Å². The van der Waals surface area contributed by atoms with E-state index in [1.807, 2.05) is 0 Å². The summed E-state index contributed by atoms with van der Waals surface area (Å²) in [7, 11) is 0. The number of nitrogens with one attached hydrogen (secondary N) is 2. The van der Waals surface area contributed by atoms with E-state index in [0.717, 1.165) is 6.07 Å². The summed E-state index contributed by atoms with van der Waals surface area (Å²) in [6, 6.07) is 2.44. The lowest BCUT2D eigenvalue weighted by molar-refractivity contribution is -0.121. The predicted octanol–water partition coefficient (Wildman–Crippen LogP) is 1.53. The van der Waals surface area contributed by atoms with Gasteiger partial charge in [-0.05, 0) is 18.6 Å². The summed E-state index contributed by atoms with van der Waals surface area (Å²) in [5.41, 5.74) is 0.319. The zero-order chi connectivity index (χ0) is 16.2. The van der Waals surface area contributed by atoms with Crippen LogP contribution < -0.4 is 5.32 Å². The highest BCUT2D eigenvalue weighted by atomic mass is 19.2. The van der Waals surface area contributed by atoms with Gasteiger partial charge in [-0.15, -0.1) is 0 Å². The minimum Gasteiger partial charge on any atom is -0.349 e. The zero-order valence-corrected chi connectivity index (χ0v) is 12.1. The number of aryl methyl sites for hydroxylation is 1. The Labute approximate surface area is 129 Å². The lowest BCUT2D eigenvalue weighted by atomic mass is 10.3. The molecule has 0 aliphatic carbocycles. The number of halogens is 2. The van der Waals surface area contributed by atoms with Gasteiger partial charge in [-0.2, -0.15) is 5.10 Å². The van der Waals surface area contributed by atoms with Crippen LogP contribution in [0.15, 0.2) is 24.8 Å². The van der Waals surface area contributed by atoms with Crippen molar-refractivity contribution in [2.45, 2.75) is 25.9 Å². The van der Waals surface area contributed by atoms with Gasteiger partial charge in [0, 0.05) is 13.0 Å². The highest BCUT2D eigenvalue weighted by Gasteiger charge is 2.12. The number of nitrogens with zero attached hydrogens (tertiary/aromatic N) is 4. The van der Waals surface area contributed by atoms with E-state index in [-0.39, 0.29) is 18.0 Å². The van der Waals surface area contributed by atoms with Gasteiger partial charge in [-0.1, -0.05) is 0 Å². The van der Waals surface area contributed by atoms with Crippen molar-refractivity contribution < 1.29 is 13.6 Å². The fourth-order valence-electron chi connectivity index (χ4n) is 2.17. The number of carbonyl (C=O) groups excluding carboxylic acids is 1. The van der Waals surface area contributed by atoms with Crippen molar-refractivity contribution in [3.05, 3.63) is 42.2 Å². The highest BCUT2D eigenvalue weighted by Crippen LogP contribution is 2.17. The number of H-pyrrole nitrogens is 1. The Balaban J connectivity index is 1.51. The summed E-state index contributed by atoms with van der Waals surface area (Å²) in [5, 5.41) is 6.62. The van der Waals surface area contributed by atoms with E-state index in [1.54, 1.807) is 11.0 Å². The van der Waals surface area contributed by atoms with E-state index in [9.17, 15) is 13.6 Å². The molecule has 0 fully saturated rings. The molecule has 23 heavy (non-hydrogen) atoms. The van der Waals surface area contributed by atoms with Crippen molar-refractivity contribution in [3.8, 4) is 0 Å². The number of rotatable bonds is 6. The second kappa shape index (κ2) is 6.51. The molecule has 3 rings (SSSR count). The number of hydrogen-bond acceptors (Lipinski definition) is 4. The van der Waals surface area contributed by atoms with Crippen molar-refractivity contribution >= 4 is 16.9 Å². The van der Waals surface area contributed by atoms with E-state index >= 15 is 0 Å². The van der Waals surface area contributed by atoms with Crippen LogP contribution in [0.5, 0.6) is 0 Å². The molecule has 2 N–H and O–H groups in total. The summed E-state index contributed by atoms with van der Waals surface area (Å²) < 4.78 is 28.3. The van der Waals surface area contributed by atoms with Gasteiger partial charge in [-0.3, -0.25) is 9.48 Å². The molecule has 2 heterocycles. The van der Waals surface area contributed by atoms with E-state index in [1.165, 1.54) is 12.4 Å². The number of imidazole rings is 1. The quantitative estimate of drug-likeness (QED) is 0.721. The van der Waals surface area contributed by atoms with Crippen LogP contribution in [0.1, 0.15) is 18.7 Å². The monoisotopic (exact) mass is 320 g/mol. The van der Waals surface area contributed by atoms with E-state index in [4.69, 9.17) is 0 Å². The third-order valence-corrected chi connectivity index (χ3v) is 3.31. The maximum atomic E-state index is 13.6. The van der Waals surface area contributed by atoms with Crippen LogP contribution in [0.2, 0.25) is 0 Å². The predicted molar refractivity (Wildman–Crippen MR) is 77.1 cm³/mol. The maximum Gasteiger partial charge on any atom is 0.220 e. The molecule has 0 aliphatic heterocycles. The first-order valence-electron chi connectivity index (χ1n) is 7.05. The Morgan fingerprint density at radius 3 is 3.00 bits per heavy atom. The van der Waals surface area contributed by atoms with Crippen molar-refractivity contribution in [3.63, 3.8) is 0 Å². The Morgan fingerprint density at radius 2 is 2.22 bits per heavy atom. The molecule has 0 spiro atoms. The van der Waals surface area contributed by atoms with Gasteiger partial charge >= 0.3 is 0 Å². The zero-order valence-electron chi connectivity index (χ0n) is 12.1. The molecular weight excluding hydrogens is 306 g/mol. The van der Waals surface area contributed by atoms with Crippen LogP contribution in [0.4, 0.5) is 8.78 Å². The highest BCUT2D eigenvalue weighted by molar-refractivity contribution is 5.77. The average Bonchev–Trinajstić information content (AvgIpc) is 3.18. The molecular formula is C14H14F2N6O. The number of aromatic nitrogens is 5. The van der Waals surface area contributed by atoms with Crippen LogP contribution in [-0.2, 0) is 17.9 Å². The van der Waals surface area contributed by atoms with Gasteiger partial charge in [0.1, 0.15) is 24.0 Å². The number of benzene rings is 1. The fourth-order valence-corrected chi connectivity index (χ4v) is 2.17. The average molecular weight is 320 g/mol. The molecule has 0 saturated heterocycles. The first kappa shape index (κ1) is 15.1. The summed E-state index contributed by atoms with van der Waals surface area (Å²) in [4.78, 5) is 22.4. The first-order valence-corrected chi connectivity index (χ1v) is 7.05. The fraction of sp³-hybridized carbons (Fsp3) is 0.286. The van der Waals surface area contributed by atoms with Crippen molar-refractivity contribution in [2.24, 2.45) is 0 Å². The minimum absolute atomic E-state index is 0.0690. The smallest absolute Gasteiger partial charge is 0.220 e. The van der Waals surface area contributed by atoms with Crippen molar-refractivity contribution in [1.82, 2.24) is 30.0 Å². The second-order valence-electron chi connectivity index (χ2n) is 4.98. The molecule has 0 radical (unpaired) electrons. The van der Waals surface area contributed by atoms with Crippen LogP contribution in [-0.4, -0.2) is 30.6 Å². The summed E-state index contributed by atoms with van der Waals surface area (Å²) in [6.45, 7) is 0.723. The van der Waals surface area contributed by atoms with Crippen molar-refractivity contribution in [2.75, 3.05) is 0 Å². The van der Waals surface area contributed by atoms with Gasteiger partial charge in [0.25, 0.3) is 0 Å². The number of fused-ring (bicyclic) bond motifs is 1. The number of amides is 1. The minimum atomic E-state index is -0.996. The lowest BCUT2D eigenvalue weighted by Gasteiger charge is -2.03. The van der Waals surface area contributed by atoms with Gasteiger partial charge in [0.2, 0.25) is 5.91 Å². The van der Waals surface area contributed by atoms with E-state index in [0.29, 0.717) is 30.7 Å². The first-order chi connectivity index (χ1) is 11.1. The molecule has 0 bridgehead atoms. The van der Waals surface area contributed by atoms with Crippen LogP contribution in [0.25, 0.3) is 11.0 Å². The van der Waals surface area contributed by atoms with Crippen LogP contribution in [0, 0.1) is 11.6 Å². The standard InChI is InChI=1S/C14H14F2N6O/c15-9-3-4-10-14(13(9)16)21-11(20-10)6-18-12(23)2-1-5-22-8-17-7-19-22/h3-4,7-8H,1-2,5-6H2,(H,18,23)(H,20,21). The SMILES string of the molecule is O=C(CCCn1cncn1)NCc1nc2c(F)c(F)ccc2[nH]1. The molecule has 0 atom stereocenters. The maximum absolute atomic E-state index is 13.6. The molecule has 7 nitrogen and oxygen atoms in total. The molecule has 1 amide bonds. The molecule has 1 aromatic carbocycles. The van der Waals surface area contributed by atoms with Gasteiger partial charge in [-0.25, -0.2) is 18.7 Å². The summed E-state index contributed by atoms with van der Waals surface area (Å²) >= 11 is 0.